The van der Waals surface area contributed by atoms with Crippen molar-refractivity contribution in [3.8, 4) is 0 Å². The third-order valence-electron chi connectivity index (χ3n) is 7.49. The van der Waals surface area contributed by atoms with E-state index in [9.17, 15) is 0 Å². The molecule has 0 N–H and O–H groups in total. The van der Waals surface area contributed by atoms with Crippen molar-refractivity contribution in [2.45, 2.75) is 24.5 Å². The maximum atomic E-state index is 6.62. The Hall–Kier alpha value is -4.26. The van der Waals surface area contributed by atoms with Crippen LogP contribution in [0.3, 0.4) is 0 Å². The highest BCUT2D eigenvalue weighted by Gasteiger charge is 2.46. The number of fused-ring (bicyclic) bond motifs is 2. The summed E-state index contributed by atoms with van der Waals surface area (Å²) < 4.78 is 6.62. The predicted molar refractivity (Wildman–Crippen MR) is 175 cm³/mol. The molecule has 5 nitrogen and oxygen atoms in total. The second-order valence-electron chi connectivity index (χ2n) is 10.2. The average molecular weight is 616 g/mol. The Morgan fingerprint density at radius 2 is 1.38 bits per heavy atom. The predicted octanol–water partition coefficient (Wildman–Crippen LogP) is 10.9. The molecule has 0 fully saturated rings. The fourth-order valence-electron chi connectivity index (χ4n) is 5.36. The number of unbranched alkanes of at least 4 members (excludes halogenated alkanes) is 1. The number of azo groups is 2. The van der Waals surface area contributed by atoms with Gasteiger partial charge in [-0.15, -0.1) is 0 Å². The van der Waals surface area contributed by atoms with Crippen LogP contribution in [0.25, 0.3) is 16.8 Å². The van der Waals surface area contributed by atoms with Crippen LogP contribution in [0.15, 0.2) is 148 Å². The highest BCUT2D eigenvalue weighted by Crippen LogP contribution is 2.46. The molecular weight excluding hydrogens is 584 g/mol. The lowest BCUT2D eigenvalue weighted by Crippen LogP contribution is -2.42. The maximum absolute atomic E-state index is 6.62. The molecule has 0 spiro atoms. The molecule has 1 aliphatic rings. The summed E-state index contributed by atoms with van der Waals surface area (Å²) in [4.78, 5) is 0. The summed E-state index contributed by atoms with van der Waals surface area (Å²) in [5, 5.41) is 22.2. The molecule has 0 radical (unpaired) electrons. The van der Waals surface area contributed by atoms with Gasteiger partial charge in [0.1, 0.15) is 6.10 Å². The van der Waals surface area contributed by atoms with Gasteiger partial charge in [-0.2, -0.15) is 20.5 Å². The van der Waals surface area contributed by atoms with Gasteiger partial charge in [-0.1, -0.05) is 119 Å². The molecule has 2 atom stereocenters. The molecule has 0 aliphatic heterocycles. The van der Waals surface area contributed by atoms with E-state index >= 15 is 0 Å². The summed E-state index contributed by atoms with van der Waals surface area (Å²) in [5.74, 6) is 0. The summed E-state index contributed by atoms with van der Waals surface area (Å²) in [7, 11) is 0. The Labute approximate surface area is 254 Å². The van der Waals surface area contributed by atoms with Crippen molar-refractivity contribution in [2.24, 2.45) is 20.5 Å². The fourth-order valence-corrected chi connectivity index (χ4v) is 5.76. The zero-order valence-corrected chi connectivity index (χ0v) is 24.8. The van der Waals surface area contributed by atoms with E-state index in [-0.39, 0.29) is 6.10 Å². The lowest BCUT2D eigenvalue weighted by atomic mass is 9.73. The number of rotatable bonds is 10. The number of nitrogens with zero attached hydrogens (tertiary/aromatic N) is 4. The van der Waals surface area contributed by atoms with E-state index in [2.05, 4.69) is 92.9 Å². The largest absolute Gasteiger partial charge is 0.371 e. The molecule has 6 rings (SSSR count). The second-order valence-corrected chi connectivity index (χ2v) is 11.0. The minimum Gasteiger partial charge on any atom is -0.371 e. The first-order valence-corrected chi connectivity index (χ1v) is 15.3. The van der Waals surface area contributed by atoms with E-state index in [1.54, 1.807) is 0 Å². The van der Waals surface area contributed by atoms with Gasteiger partial charge in [-0.05, 0) is 65.3 Å². The number of ether oxygens (including phenoxy) is 1. The summed E-state index contributed by atoms with van der Waals surface area (Å²) in [5.41, 5.74) is 4.64. The normalized spacial score (nSPS) is 18.2. The Morgan fingerprint density at radius 1 is 0.667 bits per heavy atom. The summed E-state index contributed by atoms with van der Waals surface area (Å²) in [6.45, 7) is 0.623. The number of alkyl halides is 1. The summed E-state index contributed by atoms with van der Waals surface area (Å²) in [6.07, 6.45) is 5.91. The van der Waals surface area contributed by atoms with Crippen LogP contribution in [0.5, 0.6) is 0 Å². The second kappa shape index (κ2) is 13.1. The number of hydrogen-bond acceptors (Lipinski definition) is 5. The van der Waals surface area contributed by atoms with Crippen molar-refractivity contribution >= 4 is 49.8 Å². The molecule has 0 bridgehead atoms. The molecular formula is C36H31BrN4O. The molecule has 0 saturated carbocycles. The fraction of sp³-hybridized carbons (Fsp3) is 0.167. The van der Waals surface area contributed by atoms with Crippen molar-refractivity contribution in [2.75, 3.05) is 11.9 Å². The van der Waals surface area contributed by atoms with Gasteiger partial charge in [0.2, 0.25) is 0 Å². The number of hydrogen-bond donors (Lipinski definition) is 0. The van der Waals surface area contributed by atoms with Crippen LogP contribution in [-0.2, 0) is 10.3 Å². The SMILES string of the molecule is BrCCCCOC1C=Cc2ccccc2C1(N=Nc1cccc2ccccc12)c1ccc(N=Nc2ccccc2)cc1. The minimum absolute atomic E-state index is 0.349. The Bertz CT molecular complexity index is 1730. The van der Waals surface area contributed by atoms with Crippen molar-refractivity contribution in [3.63, 3.8) is 0 Å². The smallest absolute Gasteiger partial charge is 0.162 e. The third kappa shape index (κ3) is 5.87. The molecule has 208 valence electrons. The lowest BCUT2D eigenvalue weighted by Gasteiger charge is -2.39. The van der Waals surface area contributed by atoms with E-state index in [4.69, 9.17) is 15.0 Å². The van der Waals surface area contributed by atoms with Gasteiger partial charge in [0, 0.05) is 17.3 Å². The molecule has 5 aromatic carbocycles. The lowest BCUT2D eigenvalue weighted by molar-refractivity contribution is 0.0389. The van der Waals surface area contributed by atoms with E-state index in [1.807, 2.05) is 66.7 Å². The van der Waals surface area contributed by atoms with Gasteiger partial charge >= 0.3 is 0 Å². The van der Waals surface area contributed by atoms with Gasteiger partial charge in [0.05, 0.1) is 17.1 Å². The highest BCUT2D eigenvalue weighted by atomic mass is 79.9. The average Bonchev–Trinajstić information content (AvgIpc) is 3.06. The van der Waals surface area contributed by atoms with E-state index < -0.39 is 5.54 Å². The van der Waals surface area contributed by atoms with Gasteiger partial charge < -0.3 is 4.74 Å². The molecule has 1 aliphatic carbocycles. The highest BCUT2D eigenvalue weighted by molar-refractivity contribution is 9.09. The Kier molecular flexibility index (Phi) is 8.73. The Balaban J connectivity index is 1.46. The van der Waals surface area contributed by atoms with Crippen LogP contribution in [0, 0.1) is 0 Å². The monoisotopic (exact) mass is 614 g/mol. The Morgan fingerprint density at radius 3 is 2.21 bits per heavy atom. The zero-order chi connectivity index (χ0) is 28.6. The first kappa shape index (κ1) is 27.9. The van der Waals surface area contributed by atoms with E-state index in [1.165, 1.54) is 0 Å². The van der Waals surface area contributed by atoms with Crippen LogP contribution in [0.4, 0.5) is 17.1 Å². The van der Waals surface area contributed by atoms with Crippen molar-refractivity contribution < 1.29 is 4.74 Å². The molecule has 0 amide bonds. The molecule has 6 heteroatoms. The first-order valence-electron chi connectivity index (χ1n) is 14.2. The van der Waals surface area contributed by atoms with Gasteiger partial charge in [0.15, 0.2) is 5.54 Å². The van der Waals surface area contributed by atoms with Gasteiger partial charge in [-0.25, -0.2) is 0 Å². The minimum atomic E-state index is -0.897. The zero-order valence-electron chi connectivity index (χ0n) is 23.2. The van der Waals surface area contributed by atoms with Gasteiger partial charge in [-0.3, -0.25) is 0 Å². The number of halogens is 1. The molecule has 0 aromatic heterocycles. The topological polar surface area (TPSA) is 58.7 Å². The third-order valence-corrected chi connectivity index (χ3v) is 8.05. The van der Waals surface area contributed by atoms with E-state index in [0.29, 0.717) is 6.61 Å². The summed E-state index contributed by atoms with van der Waals surface area (Å²) >= 11 is 3.54. The number of benzene rings is 5. The van der Waals surface area contributed by atoms with Crippen LogP contribution in [0.2, 0.25) is 0 Å². The quantitative estimate of drug-likeness (QED) is 0.0876. The van der Waals surface area contributed by atoms with Crippen molar-refractivity contribution in [1.29, 1.82) is 0 Å². The molecule has 5 aromatic rings. The van der Waals surface area contributed by atoms with Crippen LogP contribution in [-0.4, -0.2) is 18.0 Å². The van der Waals surface area contributed by atoms with Crippen LogP contribution < -0.4 is 0 Å². The molecule has 2 unspecified atom stereocenters. The summed E-state index contributed by atoms with van der Waals surface area (Å²) in [6, 6.07) is 40.6. The van der Waals surface area contributed by atoms with E-state index in [0.717, 1.165) is 62.7 Å². The van der Waals surface area contributed by atoms with Crippen molar-refractivity contribution in [1.82, 2.24) is 0 Å². The maximum Gasteiger partial charge on any atom is 0.162 e. The first-order chi connectivity index (χ1) is 20.8. The van der Waals surface area contributed by atoms with Crippen molar-refractivity contribution in [3.05, 3.63) is 144 Å². The van der Waals surface area contributed by atoms with Gasteiger partial charge in [0.25, 0.3) is 0 Å². The van der Waals surface area contributed by atoms with Crippen LogP contribution >= 0.6 is 15.9 Å². The molecule has 42 heavy (non-hydrogen) atoms. The molecule has 0 heterocycles. The molecule has 0 saturated heterocycles. The standard InChI is InChI=1S/C36H31BrN4O/c37-25-8-9-26-42-35-24-19-28-12-5-7-17-33(28)36(35,41-40-34-18-10-13-27-11-4-6-16-32(27)34)29-20-22-31(23-21-29)39-38-30-14-2-1-3-15-30/h1-7,10-24,35H,8-9,25-26H2. The van der Waals surface area contributed by atoms with Crippen LogP contribution in [0.1, 0.15) is 29.5 Å².